The van der Waals surface area contributed by atoms with Crippen LogP contribution in [0.4, 0.5) is 0 Å². The summed E-state index contributed by atoms with van der Waals surface area (Å²) in [6, 6.07) is 0. The van der Waals surface area contributed by atoms with Gasteiger partial charge in [-0.2, -0.15) is 5.10 Å². The summed E-state index contributed by atoms with van der Waals surface area (Å²) in [5.41, 5.74) is 0. The first kappa shape index (κ1) is 9.65. The zero-order valence-electron chi connectivity index (χ0n) is 8.56. The van der Waals surface area contributed by atoms with Crippen LogP contribution in [0, 0.1) is 0 Å². The third kappa shape index (κ3) is 1.80. The molecule has 2 unspecified atom stereocenters. The zero-order chi connectivity index (χ0) is 9.97. The third-order valence-electron chi connectivity index (χ3n) is 2.85. The summed E-state index contributed by atoms with van der Waals surface area (Å²) in [7, 11) is 0. The van der Waals surface area contributed by atoms with Gasteiger partial charge in [-0.1, -0.05) is 6.92 Å². The van der Waals surface area contributed by atoms with Crippen molar-refractivity contribution in [1.29, 1.82) is 0 Å². The van der Waals surface area contributed by atoms with Crippen molar-refractivity contribution in [2.45, 2.75) is 51.2 Å². The maximum absolute atomic E-state index is 9.46. The molecular weight excluding hydrogens is 178 g/mol. The molecule has 1 fully saturated rings. The van der Waals surface area contributed by atoms with Crippen molar-refractivity contribution in [2.24, 2.45) is 0 Å². The van der Waals surface area contributed by atoms with E-state index in [2.05, 4.69) is 17.0 Å². The summed E-state index contributed by atoms with van der Waals surface area (Å²) >= 11 is 0. The van der Waals surface area contributed by atoms with Gasteiger partial charge in [0.15, 0.2) is 0 Å². The fourth-order valence-corrected chi connectivity index (χ4v) is 2.17. The first-order valence-corrected chi connectivity index (χ1v) is 5.37. The van der Waals surface area contributed by atoms with E-state index in [-0.39, 0.29) is 6.10 Å². The first-order valence-electron chi connectivity index (χ1n) is 5.37. The van der Waals surface area contributed by atoms with E-state index in [0.717, 1.165) is 38.1 Å². The molecule has 1 N–H and O–H groups in total. The Morgan fingerprint density at radius 2 is 2.43 bits per heavy atom. The lowest BCUT2D eigenvalue weighted by molar-refractivity contribution is 0.180. The molecule has 4 heteroatoms. The predicted octanol–water partition coefficient (Wildman–Crippen LogP) is 1.32. The zero-order valence-corrected chi connectivity index (χ0v) is 8.56. The molecular formula is C10H17N3O. The molecule has 1 saturated carbocycles. The second kappa shape index (κ2) is 4.09. The number of aromatic nitrogens is 3. The summed E-state index contributed by atoms with van der Waals surface area (Å²) in [6.07, 6.45) is 5.36. The molecule has 0 amide bonds. The van der Waals surface area contributed by atoms with Crippen LogP contribution in [0.1, 0.15) is 44.3 Å². The molecule has 1 aromatic heterocycles. The number of hydrogen-bond acceptors (Lipinski definition) is 3. The van der Waals surface area contributed by atoms with E-state index in [4.69, 9.17) is 0 Å². The van der Waals surface area contributed by atoms with Crippen LogP contribution in [0.5, 0.6) is 0 Å². The topological polar surface area (TPSA) is 50.9 Å². The van der Waals surface area contributed by atoms with Gasteiger partial charge in [0.1, 0.15) is 12.2 Å². The smallest absolute Gasteiger partial charge is 0.138 e. The van der Waals surface area contributed by atoms with Gasteiger partial charge in [0, 0.05) is 12.5 Å². The summed E-state index contributed by atoms with van der Waals surface area (Å²) in [6.45, 7) is 3.07. The average Bonchev–Trinajstić information content (AvgIpc) is 2.74. The molecule has 0 aliphatic heterocycles. The van der Waals surface area contributed by atoms with Crippen molar-refractivity contribution >= 4 is 0 Å². The Hall–Kier alpha value is -0.900. The third-order valence-corrected chi connectivity index (χ3v) is 2.85. The van der Waals surface area contributed by atoms with Crippen LogP contribution in [0.25, 0.3) is 0 Å². The SMILES string of the molecule is CCCn1ncnc1C1CCC(O)C1. The summed E-state index contributed by atoms with van der Waals surface area (Å²) in [4.78, 5) is 4.29. The van der Waals surface area contributed by atoms with Crippen molar-refractivity contribution < 1.29 is 5.11 Å². The Balaban J connectivity index is 2.11. The molecule has 0 bridgehead atoms. The van der Waals surface area contributed by atoms with E-state index < -0.39 is 0 Å². The van der Waals surface area contributed by atoms with Gasteiger partial charge < -0.3 is 5.11 Å². The van der Waals surface area contributed by atoms with Gasteiger partial charge in [-0.3, -0.25) is 0 Å². The predicted molar refractivity (Wildman–Crippen MR) is 52.9 cm³/mol. The lowest BCUT2D eigenvalue weighted by Crippen LogP contribution is -2.09. The second-order valence-electron chi connectivity index (χ2n) is 4.01. The number of rotatable bonds is 3. The van der Waals surface area contributed by atoms with Crippen LogP contribution in [0.15, 0.2) is 6.33 Å². The van der Waals surface area contributed by atoms with Crippen molar-refractivity contribution in [3.63, 3.8) is 0 Å². The Kier molecular flexibility index (Phi) is 2.82. The van der Waals surface area contributed by atoms with Gasteiger partial charge in [-0.05, 0) is 25.7 Å². The molecule has 1 aliphatic rings. The van der Waals surface area contributed by atoms with Gasteiger partial charge in [-0.25, -0.2) is 9.67 Å². The minimum atomic E-state index is -0.133. The highest BCUT2D eigenvalue weighted by Gasteiger charge is 2.27. The van der Waals surface area contributed by atoms with Crippen molar-refractivity contribution in [3.8, 4) is 0 Å². The molecule has 14 heavy (non-hydrogen) atoms. The van der Waals surface area contributed by atoms with Crippen LogP contribution >= 0.6 is 0 Å². The molecule has 1 aliphatic carbocycles. The normalized spacial score (nSPS) is 27.0. The number of nitrogens with zero attached hydrogens (tertiary/aromatic N) is 3. The standard InChI is InChI=1S/C10H17N3O/c1-2-5-13-10(11-7-12-13)8-3-4-9(14)6-8/h7-9,14H,2-6H2,1H3. The highest BCUT2D eigenvalue weighted by Crippen LogP contribution is 2.32. The fraction of sp³-hybridized carbons (Fsp3) is 0.800. The molecule has 0 radical (unpaired) electrons. The number of aliphatic hydroxyl groups excluding tert-OH is 1. The lowest BCUT2D eigenvalue weighted by Gasteiger charge is -2.09. The Morgan fingerprint density at radius 3 is 3.07 bits per heavy atom. The van der Waals surface area contributed by atoms with Crippen LogP contribution in [-0.4, -0.2) is 26.0 Å². The maximum atomic E-state index is 9.46. The van der Waals surface area contributed by atoms with E-state index in [1.54, 1.807) is 6.33 Å². The summed E-state index contributed by atoms with van der Waals surface area (Å²) < 4.78 is 1.97. The van der Waals surface area contributed by atoms with Gasteiger partial charge in [0.25, 0.3) is 0 Å². The van der Waals surface area contributed by atoms with E-state index in [0.29, 0.717) is 5.92 Å². The highest BCUT2D eigenvalue weighted by molar-refractivity contribution is 5.00. The van der Waals surface area contributed by atoms with E-state index >= 15 is 0 Å². The van der Waals surface area contributed by atoms with Gasteiger partial charge in [0.05, 0.1) is 6.10 Å². The molecule has 0 saturated heterocycles. The molecule has 1 aromatic rings. The first-order chi connectivity index (χ1) is 6.81. The largest absolute Gasteiger partial charge is 0.393 e. The maximum Gasteiger partial charge on any atom is 0.138 e. The Morgan fingerprint density at radius 1 is 1.57 bits per heavy atom. The monoisotopic (exact) mass is 195 g/mol. The molecule has 0 spiro atoms. The minimum absolute atomic E-state index is 0.133. The molecule has 2 rings (SSSR count). The minimum Gasteiger partial charge on any atom is -0.393 e. The fourth-order valence-electron chi connectivity index (χ4n) is 2.17. The van der Waals surface area contributed by atoms with Gasteiger partial charge >= 0.3 is 0 Å². The lowest BCUT2D eigenvalue weighted by atomic mass is 10.1. The van der Waals surface area contributed by atoms with Crippen molar-refractivity contribution in [1.82, 2.24) is 14.8 Å². The van der Waals surface area contributed by atoms with E-state index in [1.165, 1.54) is 0 Å². The van der Waals surface area contributed by atoms with Crippen molar-refractivity contribution in [2.75, 3.05) is 0 Å². The van der Waals surface area contributed by atoms with E-state index in [9.17, 15) is 5.11 Å². The second-order valence-corrected chi connectivity index (χ2v) is 4.01. The van der Waals surface area contributed by atoms with Crippen LogP contribution in [0.3, 0.4) is 0 Å². The van der Waals surface area contributed by atoms with Crippen LogP contribution in [-0.2, 0) is 6.54 Å². The number of hydrogen-bond donors (Lipinski definition) is 1. The van der Waals surface area contributed by atoms with Crippen LogP contribution in [0.2, 0.25) is 0 Å². The molecule has 0 aromatic carbocycles. The molecule has 2 atom stereocenters. The van der Waals surface area contributed by atoms with Crippen molar-refractivity contribution in [3.05, 3.63) is 12.2 Å². The number of aryl methyl sites for hydroxylation is 1. The van der Waals surface area contributed by atoms with Gasteiger partial charge in [0.2, 0.25) is 0 Å². The van der Waals surface area contributed by atoms with Gasteiger partial charge in [-0.15, -0.1) is 0 Å². The summed E-state index contributed by atoms with van der Waals surface area (Å²) in [5, 5.41) is 13.7. The average molecular weight is 195 g/mol. The highest BCUT2D eigenvalue weighted by atomic mass is 16.3. The van der Waals surface area contributed by atoms with E-state index in [1.807, 2.05) is 4.68 Å². The molecule has 78 valence electrons. The van der Waals surface area contributed by atoms with Crippen LogP contribution < -0.4 is 0 Å². The Bertz CT molecular complexity index is 297. The molecule has 1 heterocycles. The Labute approximate surface area is 84.0 Å². The number of aliphatic hydroxyl groups is 1. The molecule has 4 nitrogen and oxygen atoms in total. The summed E-state index contributed by atoms with van der Waals surface area (Å²) in [5.74, 6) is 1.47. The quantitative estimate of drug-likeness (QED) is 0.791.